The highest BCUT2D eigenvalue weighted by molar-refractivity contribution is 7.91. The van der Waals surface area contributed by atoms with Crippen molar-refractivity contribution in [1.29, 1.82) is 0 Å². The number of benzene rings is 1. The predicted molar refractivity (Wildman–Crippen MR) is 125 cm³/mol. The first-order chi connectivity index (χ1) is 16.3. The largest absolute Gasteiger partial charge is 0.494 e. The molecule has 1 aliphatic rings. The Kier molecular flexibility index (Phi) is 6.60. The van der Waals surface area contributed by atoms with E-state index in [-0.39, 0.29) is 16.5 Å². The Balaban J connectivity index is 1.97. The molecule has 34 heavy (non-hydrogen) atoms. The first kappa shape index (κ1) is 23.7. The molecule has 1 aromatic carbocycles. The first-order valence-electron chi connectivity index (χ1n) is 11.1. The second-order valence-corrected chi connectivity index (χ2v) is 9.98. The fourth-order valence-corrected chi connectivity index (χ4v) is 5.13. The molecule has 1 N–H and O–H groups in total. The second kappa shape index (κ2) is 9.46. The van der Waals surface area contributed by atoms with Crippen LogP contribution in [-0.4, -0.2) is 42.3 Å². The molecule has 1 saturated carbocycles. The number of nitrogens with zero attached hydrogens (tertiary/aromatic N) is 3. The normalized spacial score (nSPS) is 13.6. The summed E-state index contributed by atoms with van der Waals surface area (Å²) in [6.45, 7) is 1.97. The second-order valence-electron chi connectivity index (χ2n) is 8.14. The number of rotatable bonds is 9. The smallest absolute Gasteiger partial charge is 0.281 e. The maximum atomic E-state index is 13.8. The minimum absolute atomic E-state index is 0.197. The summed E-state index contributed by atoms with van der Waals surface area (Å²) in [6, 6.07) is 8.01. The van der Waals surface area contributed by atoms with Gasteiger partial charge in [-0.15, -0.1) is 0 Å². The van der Waals surface area contributed by atoms with E-state index in [4.69, 9.17) is 9.47 Å². The van der Waals surface area contributed by atoms with E-state index in [0.717, 1.165) is 29.4 Å². The Morgan fingerprint density at radius 3 is 2.32 bits per heavy atom. The highest BCUT2D eigenvalue weighted by Gasteiger charge is 2.33. The Bertz CT molecular complexity index is 1340. The molecule has 0 spiro atoms. The molecular weight excluding hydrogens is 458 g/mol. The molecular formula is C24H27N3O6S. The number of aromatic nitrogens is 3. The van der Waals surface area contributed by atoms with Crippen LogP contribution in [0.3, 0.4) is 0 Å². The lowest BCUT2D eigenvalue weighted by Crippen LogP contribution is -2.30. The van der Waals surface area contributed by atoms with Crippen LogP contribution in [0.2, 0.25) is 0 Å². The zero-order valence-electron chi connectivity index (χ0n) is 19.3. The standard InChI is InChI=1S/C24H27N3O6S/c1-4-5-9-19-26-23(28)22(34(30,31)20-13-12-16(14-25-20)15-10-11-15)24(29)27(19)21-17(32-2)7-6-8-18(21)33-3/h6-8,12-15,28H,4-5,9-11H2,1-3H3. The fourth-order valence-electron chi connectivity index (χ4n) is 3.87. The van der Waals surface area contributed by atoms with Crippen molar-refractivity contribution in [3.8, 4) is 23.1 Å². The van der Waals surface area contributed by atoms with Crippen LogP contribution in [0.4, 0.5) is 0 Å². The zero-order chi connectivity index (χ0) is 24.5. The van der Waals surface area contributed by atoms with Crippen molar-refractivity contribution in [2.45, 2.75) is 54.9 Å². The fraction of sp³-hybridized carbons (Fsp3) is 0.375. The van der Waals surface area contributed by atoms with Crippen LogP contribution in [0, 0.1) is 0 Å². The van der Waals surface area contributed by atoms with Crippen molar-refractivity contribution >= 4 is 9.84 Å². The minimum atomic E-state index is -4.47. The van der Waals surface area contributed by atoms with Crippen LogP contribution in [-0.2, 0) is 16.3 Å². The summed E-state index contributed by atoms with van der Waals surface area (Å²) < 4.78 is 38.9. The SMILES string of the molecule is CCCCc1nc(O)c(S(=O)(=O)c2ccc(C3CC3)cn2)c(=O)n1-c1c(OC)cccc1OC. The Hall–Kier alpha value is -3.40. The van der Waals surface area contributed by atoms with Gasteiger partial charge in [-0.3, -0.25) is 9.36 Å². The number of aryl methyl sites for hydroxylation is 1. The molecule has 2 heterocycles. The number of methoxy groups -OCH3 is 2. The number of pyridine rings is 1. The first-order valence-corrected chi connectivity index (χ1v) is 12.6. The summed E-state index contributed by atoms with van der Waals surface area (Å²) in [5.74, 6) is 0.328. The predicted octanol–water partition coefficient (Wildman–Crippen LogP) is 3.40. The third-order valence-corrected chi connectivity index (χ3v) is 7.51. The van der Waals surface area contributed by atoms with Crippen molar-refractivity contribution in [3.63, 3.8) is 0 Å². The van der Waals surface area contributed by atoms with Crippen molar-refractivity contribution in [1.82, 2.24) is 14.5 Å². The third-order valence-electron chi connectivity index (χ3n) is 5.82. The van der Waals surface area contributed by atoms with Gasteiger partial charge in [0, 0.05) is 12.6 Å². The summed E-state index contributed by atoms with van der Waals surface area (Å²) in [7, 11) is -1.60. The van der Waals surface area contributed by atoms with E-state index in [2.05, 4.69) is 9.97 Å². The van der Waals surface area contributed by atoms with Gasteiger partial charge in [0.05, 0.1) is 14.2 Å². The monoisotopic (exact) mass is 485 g/mol. The van der Waals surface area contributed by atoms with Gasteiger partial charge in [0.25, 0.3) is 5.56 Å². The number of para-hydroxylation sites is 1. The van der Waals surface area contributed by atoms with Gasteiger partial charge in [-0.05, 0) is 48.9 Å². The van der Waals surface area contributed by atoms with E-state index in [1.807, 2.05) is 6.92 Å². The average molecular weight is 486 g/mol. The molecule has 0 radical (unpaired) electrons. The molecule has 0 saturated heterocycles. The maximum absolute atomic E-state index is 13.8. The lowest BCUT2D eigenvalue weighted by atomic mass is 10.2. The van der Waals surface area contributed by atoms with Gasteiger partial charge in [0.1, 0.15) is 23.0 Å². The molecule has 2 aromatic heterocycles. The van der Waals surface area contributed by atoms with Gasteiger partial charge in [0.2, 0.25) is 20.6 Å². The lowest BCUT2D eigenvalue weighted by Gasteiger charge is -2.19. The van der Waals surface area contributed by atoms with Crippen LogP contribution in [0.25, 0.3) is 5.69 Å². The van der Waals surface area contributed by atoms with E-state index in [0.29, 0.717) is 30.3 Å². The molecule has 0 aliphatic heterocycles. The molecule has 3 aromatic rings. The van der Waals surface area contributed by atoms with Gasteiger partial charge in [-0.2, -0.15) is 4.98 Å². The minimum Gasteiger partial charge on any atom is -0.494 e. The summed E-state index contributed by atoms with van der Waals surface area (Å²) in [5.41, 5.74) is 0.214. The van der Waals surface area contributed by atoms with Crippen LogP contribution >= 0.6 is 0 Å². The number of unbranched alkanes of at least 4 members (excludes halogenated alkanes) is 1. The van der Waals surface area contributed by atoms with Crippen LogP contribution in [0.1, 0.15) is 49.9 Å². The van der Waals surface area contributed by atoms with Crippen molar-refractivity contribution < 1.29 is 23.0 Å². The van der Waals surface area contributed by atoms with E-state index >= 15 is 0 Å². The van der Waals surface area contributed by atoms with Gasteiger partial charge >= 0.3 is 0 Å². The third kappa shape index (κ3) is 4.25. The van der Waals surface area contributed by atoms with Gasteiger partial charge in [-0.25, -0.2) is 13.4 Å². The van der Waals surface area contributed by atoms with E-state index in [9.17, 15) is 18.3 Å². The molecule has 0 bridgehead atoms. The van der Waals surface area contributed by atoms with Crippen LogP contribution in [0.15, 0.2) is 51.2 Å². The topological polar surface area (TPSA) is 121 Å². The van der Waals surface area contributed by atoms with Crippen LogP contribution in [0.5, 0.6) is 17.4 Å². The molecule has 1 aliphatic carbocycles. The number of aromatic hydroxyl groups is 1. The van der Waals surface area contributed by atoms with Gasteiger partial charge in [0.15, 0.2) is 5.03 Å². The quantitative estimate of drug-likeness (QED) is 0.490. The van der Waals surface area contributed by atoms with Gasteiger partial charge in [-0.1, -0.05) is 25.5 Å². The van der Waals surface area contributed by atoms with Gasteiger partial charge < -0.3 is 14.6 Å². The Morgan fingerprint density at radius 1 is 1.12 bits per heavy atom. The molecule has 4 rings (SSSR count). The molecule has 9 nitrogen and oxygen atoms in total. The highest BCUT2D eigenvalue weighted by Crippen LogP contribution is 2.40. The summed E-state index contributed by atoms with van der Waals surface area (Å²) in [6.07, 6.45) is 5.39. The van der Waals surface area contributed by atoms with E-state index < -0.39 is 26.2 Å². The summed E-state index contributed by atoms with van der Waals surface area (Å²) in [5, 5.41) is 10.3. The number of sulfone groups is 1. The van der Waals surface area contributed by atoms with Crippen molar-refractivity contribution in [2.24, 2.45) is 0 Å². The Labute approximate surface area is 198 Å². The van der Waals surface area contributed by atoms with Crippen molar-refractivity contribution in [2.75, 3.05) is 14.2 Å². The molecule has 0 amide bonds. The summed E-state index contributed by atoms with van der Waals surface area (Å²) >= 11 is 0. The lowest BCUT2D eigenvalue weighted by molar-refractivity contribution is 0.386. The molecule has 0 atom stereocenters. The average Bonchev–Trinajstić information content (AvgIpc) is 3.68. The molecule has 1 fully saturated rings. The highest BCUT2D eigenvalue weighted by atomic mass is 32.2. The van der Waals surface area contributed by atoms with Crippen LogP contribution < -0.4 is 15.0 Å². The number of hydrogen-bond donors (Lipinski definition) is 1. The molecule has 10 heteroatoms. The molecule has 180 valence electrons. The van der Waals surface area contributed by atoms with Crippen molar-refractivity contribution in [3.05, 3.63) is 58.3 Å². The van der Waals surface area contributed by atoms with E-state index in [1.165, 1.54) is 26.5 Å². The molecule has 0 unspecified atom stereocenters. The zero-order valence-corrected chi connectivity index (χ0v) is 20.1. The summed E-state index contributed by atoms with van der Waals surface area (Å²) in [4.78, 5) is 21.2. The number of ether oxygens (including phenoxy) is 2. The van der Waals surface area contributed by atoms with E-state index in [1.54, 1.807) is 24.3 Å². The number of hydrogen-bond acceptors (Lipinski definition) is 8. The Morgan fingerprint density at radius 2 is 1.79 bits per heavy atom. The maximum Gasteiger partial charge on any atom is 0.281 e.